The van der Waals surface area contributed by atoms with Gasteiger partial charge in [0.05, 0.1) is 15.1 Å². The van der Waals surface area contributed by atoms with Gasteiger partial charge in [0.1, 0.15) is 12.4 Å². The monoisotopic (exact) mass is 443 g/mol. The normalized spacial score (nSPS) is 10.7. The molecule has 0 saturated heterocycles. The van der Waals surface area contributed by atoms with E-state index in [0.717, 1.165) is 11.1 Å². The minimum atomic E-state index is -0.463. The minimum absolute atomic E-state index is 0.0574. The second kappa shape index (κ2) is 9.03. The summed E-state index contributed by atoms with van der Waals surface area (Å²) < 4.78 is 19.0. The van der Waals surface area contributed by atoms with Crippen molar-refractivity contribution in [3.05, 3.63) is 91.6 Å². The highest BCUT2D eigenvalue weighted by atomic mass is 35.5. The van der Waals surface area contributed by atoms with Crippen LogP contribution in [-0.4, -0.2) is 0 Å². The third-order valence-corrected chi connectivity index (χ3v) is 4.87. The molecule has 0 bridgehead atoms. The smallest absolute Gasteiger partial charge is 0.156 e. The number of anilines is 1. The highest BCUT2D eigenvalue weighted by molar-refractivity contribution is 6.37. The van der Waals surface area contributed by atoms with Crippen molar-refractivity contribution in [2.24, 2.45) is 0 Å². The molecule has 3 rings (SSSR count). The first-order valence-corrected chi connectivity index (χ1v) is 9.47. The Kier molecular flexibility index (Phi) is 6.72. The Morgan fingerprint density at radius 2 is 1.44 bits per heavy atom. The summed E-state index contributed by atoms with van der Waals surface area (Å²) >= 11 is 24.3. The average molecular weight is 445 g/mol. The second-order valence-electron chi connectivity index (χ2n) is 5.79. The molecule has 0 saturated carbocycles. The molecule has 0 spiro atoms. The van der Waals surface area contributed by atoms with Crippen molar-refractivity contribution in [3.8, 4) is 5.75 Å². The highest BCUT2D eigenvalue weighted by Gasteiger charge is 2.11. The van der Waals surface area contributed by atoms with Crippen molar-refractivity contribution < 1.29 is 9.13 Å². The van der Waals surface area contributed by atoms with Gasteiger partial charge in [0, 0.05) is 17.3 Å². The molecule has 140 valence electrons. The van der Waals surface area contributed by atoms with Crippen LogP contribution in [0, 0.1) is 5.82 Å². The van der Waals surface area contributed by atoms with Crippen LogP contribution in [0.25, 0.3) is 0 Å². The zero-order chi connectivity index (χ0) is 19.4. The third kappa shape index (κ3) is 5.43. The molecule has 0 amide bonds. The lowest BCUT2D eigenvalue weighted by Crippen LogP contribution is -2.01. The van der Waals surface area contributed by atoms with E-state index in [9.17, 15) is 4.39 Å². The number of benzene rings is 3. The fraction of sp³-hybridized carbons (Fsp3) is 0.100. The summed E-state index contributed by atoms with van der Waals surface area (Å²) in [6, 6.07) is 15.3. The summed E-state index contributed by atoms with van der Waals surface area (Å²) in [6.45, 7) is 0.765. The number of rotatable bonds is 6. The molecule has 0 radical (unpaired) electrons. The van der Waals surface area contributed by atoms with Gasteiger partial charge < -0.3 is 10.1 Å². The summed E-state index contributed by atoms with van der Waals surface area (Å²) in [5, 5.41) is 4.68. The lowest BCUT2D eigenvalue weighted by atomic mass is 10.2. The number of hydrogen-bond donors (Lipinski definition) is 1. The van der Waals surface area contributed by atoms with E-state index in [4.69, 9.17) is 51.1 Å². The highest BCUT2D eigenvalue weighted by Crippen LogP contribution is 2.35. The van der Waals surface area contributed by atoms with Crippen molar-refractivity contribution in [1.82, 2.24) is 0 Å². The number of halogens is 5. The molecule has 27 heavy (non-hydrogen) atoms. The molecule has 0 fully saturated rings. The van der Waals surface area contributed by atoms with E-state index in [-0.39, 0.29) is 5.02 Å². The lowest BCUT2D eigenvalue weighted by molar-refractivity contribution is 0.306. The predicted molar refractivity (Wildman–Crippen MR) is 111 cm³/mol. The van der Waals surface area contributed by atoms with E-state index >= 15 is 0 Å². The molecule has 3 aromatic carbocycles. The van der Waals surface area contributed by atoms with E-state index in [1.165, 1.54) is 12.1 Å². The van der Waals surface area contributed by atoms with Crippen LogP contribution in [0.2, 0.25) is 20.1 Å². The second-order valence-corrected chi connectivity index (χ2v) is 7.44. The molecule has 0 heterocycles. The summed E-state index contributed by atoms with van der Waals surface area (Å²) in [7, 11) is 0. The van der Waals surface area contributed by atoms with Crippen LogP contribution in [0.3, 0.4) is 0 Å². The topological polar surface area (TPSA) is 21.3 Å². The average Bonchev–Trinajstić information content (AvgIpc) is 2.63. The van der Waals surface area contributed by atoms with E-state index < -0.39 is 5.82 Å². The van der Waals surface area contributed by atoms with Gasteiger partial charge in [-0.1, -0.05) is 58.5 Å². The first-order chi connectivity index (χ1) is 12.9. The molecule has 0 unspecified atom stereocenters. The Balaban J connectivity index is 1.66. The summed E-state index contributed by atoms with van der Waals surface area (Å²) in [6.07, 6.45) is 0. The zero-order valence-corrected chi connectivity index (χ0v) is 16.9. The van der Waals surface area contributed by atoms with E-state index in [1.54, 1.807) is 30.3 Å². The van der Waals surface area contributed by atoms with Crippen LogP contribution in [0.4, 0.5) is 10.1 Å². The van der Waals surface area contributed by atoms with Crippen LogP contribution < -0.4 is 10.1 Å². The molecule has 0 aliphatic rings. The molecular formula is C20H14Cl4FNO. The fourth-order valence-corrected chi connectivity index (χ4v) is 3.35. The van der Waals surface area contributed by atoms with Crippen LogP contribution in [-0.2, 0) is 13.2 Å². The van der Waals surface area contributed by atoms with Gasteiger partial charge in [0.25, 0.3) is 0 Å². The quantitative estimate of drug-likeness (QED) is 0.421. The van der Waals surface area contributed by atoms with Crippen LogP contribution in [0.15, 0.2) is 54.6 Å². The van der Waals surface area contributed by atoms with Crippen LogP contribution in [0.1, 0.15) is 11.1 Å². The zero-order valence-electron chi connectivity index (χ0n) is 13.9. The molecule has 0 aliphatic heterocycles. The first kappa shape index (κ1) is 20.1. The standard InChI is InChI=1S/C20H14Cl4FNO/c21-14-3-1-12(2-4-14)11-27-20-17(23)7-13(8-18(20)24)10-26-15-5-6-19(25)16(22)9-15/h1-9,26H,10-11H2. The fourth-order valence-electron chi connectivity index (χ4n) is 2.40. The van der Waals surface area contributed by atoms with Crippen molar-refractivity contribution in [2.75, 3.05) is 5.32 Å². The van der Waals surface area contributed by atoms with Gasteiger partial charge in [0.15, 0.2) is 5.75 Å². The summed E-state index contributed by atoms with van der Waals surface area (Å²) in [5.74, 6) is -0.0441. The van der Waals surface area contributed by atoms with Crippen molar-refractivity contribution in [2.45, 2.75) is 13.2 Å². The van der Waals surface area contributed by atoms with Crippen molar-refractivity contribution in [3.63, 3.8) is 0 Å². The molecule has 0 atom stereocenters. The van der Waals surface area contributed by atoms with Gasteiger partial charge in [0.2, 0.25) is 0 Å². The van der Waals surface area contributed by atoms with Crippen molar-refractivity contribution >= 4 is 52.1 Å². The molecule has 0 aliphatic carbocycles. The Labute approximate surface area is 176 Å². The Morgan fingerprint density at radius 1 is 0.778 bits per heavy atom. The summed E-state index contributed by atoms with van der Waals surface area (Å²) in [5.41, 5.74) is 2.49. The number of hydrogen-bond acceptors (Lipinski definition) is 2. The van der Waals surface area contributed by atoms with Gasteiger partial charge in [-0.3, -0.25) is 0 Å². The van der Waals surface area contributed by atoms with Gasteiger partial charge in [-0.25, -0.2) is 4.39 Å². The molecule has 7 heteroatoms. The summed E-state index contributed by atoms with van der Waals surface area (Å²) in [4.78, 5) is 0. The van der Waals surface area contributed by atoms with Crippen LogP contribution >= 0.6 is 46.4 Å². The minimum Gasteiger partial charge on any atom is -0.486 e. The maximum Gasteiger partial charge on any atom is 0.156 e. The van der Waals surface area contributed by atoms with E-state index in [1.807, 2.05) is 12.1 Å². The molecule has 2 nitrogen and oxygen atoms in total. The Hall–Kier alpha value is -1.65. The lowest BCUT2D eigenvalue weighted by Gasteiger charge is -2.13. The molecule has 3 aromatic rings. The first-order valence-electron chi connectivity index (χ1n) is 7.96. The van der Waals surface area contributed by atoms with E-state index in [2.05, 4.69) is 5.32 Å². The number of nitrogens with one attached hydrogen (secondary N) is 1. The molecular weight excluding hydrogens is 431 g/mol. The van der Waals surface area contributed by atoms with Crippen LogP contribution in [0.5, 0.6) is 5.75 Å². The van der Waals surface area contributed by atoms with Gasteiger partial charge in [-0.2, -0.15) is 0 Å². The number of ether oxygens (including phenoxy) is 1. The van der Waals surface area contributed by atoms with Gasteiger partial charge >= 0.3 is 0 Å². The SMILES string of the molecule is Fc1ccc(NCc2cc(Cl)c(OCc3ccc(Cl)cc3)c(Cl)c2)cc1Cl. The van der Waals surface area contributed by atoms with Gasteiger partial charge in [-0.15, -0.1) is 0 Å². The van der Waals surface area contributed by atoms with Gasteiger partial charge in [-0.05, 0) is 53.6 Å². The maximum absolute atomic E-state index is 13.2. The molecule has 1 N–H and O–H groups in total. The molecule has 0 aromatic heterocycles. The predicted octanol–water partition coefficient (Wildman–Crippen LogP) is 7.63. The third-order valence-electron chi connectivity index (χ3n) is 3.77. The Morgan fingerprint density at radius 3 is 2.07 bits per heavy atom. The van der Waals surface area contributed by atoms with Crippen molar-refractivity contribution in [1.29, 1.82) is 0 Å². The Bertz CT molecular complexity index is 924. The van der Waals surface area contributed by atoms with E-state index in [0.29, 0.717) is 39.7 Å². The largest absolute Gasteiger partial charge is 0.486 e. The maximum atomic E-state index is 13.2.